The molecule has 23 heavy (non-hydrogen) atoms. The van der Waals surface area contributed by atoms with Crippen LogP contribution in [0, 0.1) is 5.92 Å². The second kappa shape index (κ2) is 10.1. The highest BCUT2D eigenvalue weighted by molar-refractivity contribution is 6.30. The van der Waals surface area contributed by atoms with Crippen molar-refractivity contribution in [3.63, 3.8) is 0 Å². The molecule has 0 aromatic heterocycles. The molecule has 0 N–H and O–H groups in total. The summed E-state index contributed by atoms with van der Waals surface area (Å²) in [6.45, 7) is 7.16. The van der Waals surface area contributed by atoms with E-state index < -0.39 is 0 Å². The molecule has 0 fully saturated rings. The lowest BCUT2D eigenvalue weighted by Crippen LogP contribution is -2.35. The van der Waals surface area contributed by atoms with Gasteiger partial charge in [-0.2, -0.15) is 0 Å². The lowest BCUT2D eigenvalue weighted by Gasteiger charge is -2.22. The maximum atomic E-state index is 12.4. The molecule has 0 spiro atoms. The van der Waals surface area contributed by atoms with Gasteiger partial charge in [-0.15, -0.1) is 0 Å². The van der Waals surface area contributed by atoms with E-state index in [2.05, 4.69) is 0 Å². The van der Waals surface area contributed by atoms with Crippen LogP contribution in [-0.2, 0) is 14.3 Å². The number of nitrogens with zero attached hydrogens (tertiary/aromatic N) is 1. The lowest BCUT2D eigenvalue weighted by atomic mass is 10.2. The van der Waals surface area contributed by atoms with Crippen molar-refractivity contribution in [2.45, 2.75) is 27.2 Å². The van der Waals surface area contributed by atoms with Gasteiger partial charge in [0.05, 0.1) is 13.0 Å². The Balaban J connectivity index is 2.66. The summed E-state index contributed by atoms with van der Waals surface area (Å²) < 4.78 is 4.91. The van der Waals surface area contributed by atoms with Gasteiger partial charge in [-0.05, 0) is 36.6 Å². The van der Waals surface area contributed by atoms with Gasteiger partial charge in [-0.3, -0.25) is 9.59 Å². The predicted molar refractivity (Wildman–Crippen MR) is 93.2 cm³/mol. The minimum absolute atomic E-state index is 0.113. The first-order valence-electron chi connectivity index (χ1n) is 7.80. The van der Waals surface area contributed by atoms with Crippen LogP contribution >= 0.6 is 11.6 Å². The van der Waals surface area contributed by atoms with Crippen LogP contribution in [-0.4, -0.2) is 36.5 Å². The highest BCUT2D eigenvalue weighted by Gasteiger charge is 2.14. The second-order valence-corrected chi connectivity index (χ2v) is 6.05. The van der Waals surface area contributed by atoms with E-state index in [4.69, 9.17) is 16.3 Å². The number of carbonyl (C=O) groups is 2. The number of hydrogen-bond donors (Lipinski definition) is 0. The highest BCUT2D eigenvalue weighted by Crippen LogP contribution is 2.11. The first-order valence-corrected chi connectivity index (χ1v) is 8.18. The number of benzene rings is 1. The first kappa shape index (κ1) is 19.2. The van der Waals surface area contributed by atoms with Crippen molar-refractivity contribution in [2.24, 2.45) is 5.92 Å². The monoisotopic (exact) mass is 337 g/mol. The van der Waals surface area contributed by atoms with Crippen molar-refractivity contribution in [2.75, 3.05) is 19.7 Å². The number of halogens is 1. The molecule has 0 saturated heterocycles. The van der Waals surface area contributed by atoms with Crippen LogP contribution in [0.1, 0.15) is 32.8 Å². The number of ether oxygens (including phenoxy) is 1. The number of hydrogen-bond acceptors (Lipinski definition) is 3. The molecule has 1 aromatic carbocycles. The summed E-state index contributed by atoms with van der Waals surface area (Å²) in [7, 11) is 0. The summed E-state index contributed by atoms with van der Waals surface area (Å²) in [6, 6.07) is 7.24. The summed E-state index contributed by atoms with van der Waals surface area (Å²) >= 11 is 5.84. The van der Waals surface area contributed by atoms with E-state index in [-0.39, 0.29) is 18.3 Å². The summed E-state index contributed by atoms with van der Waals surface area (Å²) in [5.41, 5.74) is 0.901. The van der Waals surface area contributed by atoms with Crippen molar-refractivity contribution in [1.82, 2.24) is 4.90 Å². The number of rotatable bonds is 8. The Bertz CT molecular complexity index is 538. The average Bonchev–Trinajstić information content (AvgIpc) is 2.50. The van der Waals surface area contributed by atoms with Gasteiger partial charge < -0.3 is 9.64 Å². The quantitative estimate of drug-likeness (QED) is 0.535. The fraction of sp³-hybridized carbons (Fsp3) is 0.444. The molecule has 126 valence electrons. The minimum Gasteiger partial charge on any atom is -0.466 e. The molecular formula is C18H24ClNO3. The summed E-state index contributed by atoms with van der Waals surface area (Å²) in [5, 5.41) is 0.657. The number of amides is 1. The van der Waals surface area contributed by atoms with Crippen LogP contribution in [0.2, 0.25) is 5.02 Å². The van der Waals surface area contributed by atoms with E-state index in [0.29, 0.717) is 30.6 Å². The maximum Gasteiger partial charge on any atom is 0.307 e. The van der Waals surface area contributed by atoms with E-state index >= 15 is 0 Å². The summed E-state index contributed by atoms with van der Waals surface area (Å²) in [6.07, 6.45) is 3.48. The van der Waals surface area contributed by atoms with Crippen LogP contribution in [0.4, 0.5) is 0 Å². The van der Waals surface area contributed by atoms with E-state index in [9.17, 15) is 9.59 Å². The normalized spacial score (nSPS) is 11.0. The van der Waals surface area contributed by atoms with Gasteiger partial charge in [0.1, 0.15) is 0 Å². The van der Waals surface area contributed by atoms with Crippen LogP contribution in [0.25, 0.3) is 6.08 Å². The Hall–Kier alpha value is -1.81. The fourth-order valence-corrected chi connectivity index (χ4v) is 2.16. The molecule has 0 atom stereocenters. The molecule has 1 aromatic rings. The predicted octanol–water partition coefficient (Wildman–Crippen LogP) is 3.79. The maximum absolute atomic E-state index is 12.4. The van der Waals surface area contributed by atoms with Crippen LogP contribution in [0.3, 0.4) is 0 Å². The number of esters is 1. The van der Waals surface area contributed by atoms with Gasteiger partial charge in [0.15, 0.2) is 0 Å². The zero-order valence-corrected chi connectivity index (χ0v) is 14.7. The fourth-order valence-electron chi connectivity index (χ4n) is 2.04. The molecule has 4 nitrogen and oxygen atoms in total. The van der Waals surface area contributed by atoms with Crippen LogP contribution in [0.5, 0.6) is 0 Å². The second-order valence-electron chi connectivity index (χ2n) is 5.62. The van der Waals surface area contributed by atoms with Gasteiger partial charge in [-0.25, -0.2) is 0 Å². The van der Waals surface area contributed by atoms with Crippen LogP contribution < -0.4 is 0 Å². The molecule has 1 rings (SSSR count). The topological polar surface area (TPSA) is 46.6 Å². The Labute approximate surface area is 143 Å². The van der Waals surface area contributed by atoms with Gasteiger partial charge in [0.2, 0.25) is 5.91 Å². The SMILES string of the molecule is CCOC(=O)CCN(CC(C)C)C(=O)/C=C/c1ccc(Cl)cc1. The van der Waals surface area contributed by atoms with Gasteiger partial charge in [0.25, 0.3) is 0 Å². The zero-order valence-electron chi connectivity index (χ0n) is 13.9. The number of carbonyl (C=O) groups excluding carboxylic acids is 2. The molecule has 0 bridgehead atoms. The molecule has 0 aliphatic heterocycles. The third kappa shape index (κ3) is 7.84. The standard InChI is InChI=1S/C18H24ClNO3/c1-4-23-18(22)11-12-20(13-14(2)3)17(21)10-7-15-5-8-16(19)9-6-15/h5-10,14H,4,11-13H2,1-3H3/b10-7+. The molecule has 0 unspecified atom stereocenters. The Kier molecular flexibility index (Phi) is 8.41. The summed E-state index contributed by atoms with van der Waals surface area (Å²) in [4.78, 5) is 25.5. The van der Waals surface area contributed by atoms with Crippen LogP contribution in [0.15, 0.2) is 30.3 Å². The third-order valence-electron chi connectivity index (χ3n) is 3.08. The Morgan fingerprint density at radius 2 is 1.91 bits per heavy atom. The third-order valence-corrected chi connectivity index (χ3v) is 3.33. The Morgan fingerprint density at radius 3 is 2.48 bits per heavy atom. The molecule has 0 radical (unpaired) electrons. The van der Waals surface area contributed by atoms with E-state index in [1.54, 1.807) is 30.0 Å². The first-order chi connectivity index (χ1) is 10.9. The largest absolute Gasteiger partial charge is 0.466 e. The van der Waals surface area contributed by atoms with Crippen molar-refractivity contribution >= 4 is 29.6 Å². The van der Waals surface area contributed by atoms with E-state index in [1.165, 1.54) is 6.08 Å². The van der Waals surface area contributed by atoms with E-state index in [1.807, 2.05) is 26.0 Å². The lowest BCUT2D eigenvalue weighted by molar-refractivity contribution is -0.143. The molecule has 1 amide bonds. The molecule has 0 aliphatic carbocycles. The van der Waals surface area contributed by atoms with Crippen molar-refractivity contribution in [3.8, 4) is 0 Å². The van der Waals surface area contributed by atoms with Crippen molar-refractivity contribution < 1.29 is 14.3 Å². The van der Waals surface area contributed by atoms with Crippen molar-refractivity contribution in [1.29, 1.82) is 0 Å². The molecule has 5 heteroatoms. The zero-order chi connectivity index (χ0) is 17.2. The van der Waals surface area contributed by atoms with Gasteiger partial charge in [-0.1, -0.05) is 37.6 Å². The molecule has 0 aliphatic rings. The molecular weight excluding hydrogens is 314 g/mol. The smallest absolute Gasteiger partial charge is 0.307 e. The van der Waals surface area contributed by atoms with Gasteiger partial charge in [0, 0.05) is 24.2 Å². The highest BCUT2D eigenvalue weighted by atomic mass is 35.5. The van der Waals surface area contributed by atoms with Crippen molar-refractivity contribution in [3.05, 3.63) is 40.9 Å². The van der Waals surface area contributed by atoms with E-state index in [0.717, 1.165) is 5.56 Å². The Morgan fingerprint density at radius 1 is 1.26 bits per heavy atom. The summed E-state index contributed by atoms with van der Waals surface area (Å²) in [5.74, 6) is -0.0706. The minimum atomic E-state index is -0.282. The van der Waals surface area contributed by atoms with Gasteiger partial charge >= 0.3 is 5.97 Å². The average molecular weight is 338 g/mol. The molecule has 0 saturated carbocycles. The molecule has 0 heterocycles.